The van der Waals surface area contributed by atoms with E-state index < -0.39 is 11.7 Å². The molecule has 1 aliphatic rings. The minimum absolute atomic E-state index is 0.393. The van der Waals surface area contributed by atoms with Gasteiger partial charge in [-0.1, -0.05) is 36.4 Å². The third-order valence-corrected chi connectivity index (χ3v) is 4.29. The van der Waals surface area contributed by atoms with Crippen LogP contribution in [-0.4, -0.2) is 11.7 Å². The summed E-state index contributed by atoms with van der Waals surface area (Å²) in [4.78, 5) is 11.7. The third-order valence-electron chi connectivity index (χ3n) is 4.29. The van der Waals surface area contributed by atoms with Crippen LogP contribution in [0.2, 0.25) is 0 Å². The van der Waals surface area contributed by atoms with Crippen LogP contribution in [0.3, 0.4) is 0 Å². The molecule has 0 radical (unpaired) electrons. The van der Waals surface area contributed by atoms with E-state index >= 15 is 0 Å². The van der Waals surface area contributed by atoms with E-state index in [0.717, 1.165) is 23.7 Å². The van der Waals surface area contributed by atoms with Gasteiger partial charge in [-0.3, -0.25) is 0 Å². The molecule has 0 aliphatic heterocycles. The number of rotatable bonds is 6. The second-order valence-electron chi connectivity index (χ2n) is 7.93. The highest BCUT2D eigenvalue weighted by Gasteiger charge is 2.23. The van der Waals surface area contributed by atoms with E-state index in [1.165, 1.54) is 24.0 Å². The highest BCUT2D eigenvalue weighted by atomic mass is 16.6. The first-order chi connectivity index (χ1) is 12.4. The Hall–Kier alpha value is -2.49. The highest BCUT2D eigenvalue weighted by Crippen LogP contribution is 2.40. The molecular formula is C22H28N2O2. The maximum Gasteiger partial charge on any atom is 0.407 e. The third kappa shape index (κ3) is 5.80. The van der Waals surface area contributed by atoms with Crippen LogP contribution in [0.1, 0.15) is 56.2 Å². The predicted octanol–water partition coefficient (Wildman–Crippen LogP) is 5.20. The number of hydrogen-bond acceptors (Lipinski definition) is 3. The molecule has 3 rings (SSSR count). The molecule has 138 valence electrons. The lowest BCUT2D eigenvalue weighted by Crippen LogP contribution is -2.32. The van der Waals surface area contributed by atoms with Crippen molar-refractivity contribution in [3.05, 3.63) is 65.2 Å². The number of carbonyl (C=O) groups excluding carboxylic acids is 1. The first-order valence-corrected chi connectivity index (χ1v) is 9.27. The summed E-state index contributed by atoms with van der Waals surface area (Å²) in [6.07, 6.45) is 2.26. The average molecular weight is 352 g/mol. The van der Waals surface area contributed by atoms with Crippen LogP contribution in [-0.2, 0) is 17.8 Å². The van der Waals surface area contributed by atoms with Crippen LogP contribution in [0.5, 0.6) is 0 Å². The van der Waals surface area contributed by atoms with E-state index in [2.05, 4.69) is 34.9 Å². The normalized spacial score (nSPS) is 14.0. The van der Waals surface area contributed by atoms with Gasteiger partial charge in [0.2, 0.25) is 0 Å². The zero-order valence-corrected chi connectivity index (χ0v) is 15.8. The molecule has 1 saturated carbocycles. The number of nitrogens with one attached hydrogen (secondary N) is 2. The molecule has 4 heteroatoms. The zero-order valence-electron chi connectivity index (χ0n) is 15.8. The second-order valence-corrected chi connectivity index (χ2v) is 7.93. The Morgan fingerprint density at radius 2 is 1.77 bits per heavy atom. The minimum atomic E-state index is -0.478. The molecule has 0 bridgehead atoms. The van der Waals surface area contributed by atoms with Gasteiger partial charge in [0.25, 0.3) is 0 Å². The maximum atomic E-state index is 11.7. The van der Waals surface area contributed by atoms with Crippen LogP contribution < -0.4 is 10.6 Å². The van der Waals surface area contributed by atoms with Crippen LogP contribution in [0.4, 0.5) is 10.5 Å². The summed E-state index contributed by atoms with van der Waals surface area (Å²) in [6, 6.07) is 17.0. The van der Waals surface area contributed by atoms with Gasteiger partial charge >= 0.3 is 6.09 Å². The first-order valence-electron chi connectivity index (χ1n) is 9.27. The van der Waals surface area contributed by atoms with Gasteiger partial charge in [0.15, 0.2) is 0 Å². The number of alkyl carbamates (subject to hydrolysis) is 1. The highest BCUT2D eigenvalue weighted by molar-refractivity contribution is 5.67. The number of anilines is 1. The fourth-order valence-corrected chi connectivity index (χ4v) is 2.81. The Balaban J connectivity index is 1.47. The molecule has 0 spiro atoms. The summed E-state index contributed by atoms with van der Waals surface area (Å²) in [5, 5.41) is 6.23. The van der Waals surface area contributed by atoms with Crippen molar-refractivity contribution in [1.82, 2.24) is 5.32 Å². The van der Waals surface area contributed by atoms with Gasteiger partial charge in [-0.2, -0.15) is 0 Å². The first kappa shape index (κ1) is 18.3. The molecule has 2 N–H and O–H groups in total. The monoisotopic (exact) mass is 352 g/mol. The molecule has 2 aromatic carbocycles. The zero-order chi connectivity index (χ0) is 18.6. The lowest BCUT2D eigenvalue weighted by Gasteiger charge is -2.19. The van der Waals surface area contributed by atoms with Crippen molar-refractivity contribution in [2.24, 2.45) is 0 Å². The Kier molecular flexibility index (Phi) is 5.50. The van der Waals surface area contributed by atoms with Crippen LogP contribution >= 0.6 is 0 Å². The summed E-state index contributed by atoms with van der Waals surface area (Å²) in [5.74, 6) is 0.784. The molecule has 0 aromatic heterocycles. The largest absolute Gasteiger partial charge is 0.444 e. The lowest BCUT2D eigenvalue weighted by molar-refractivity contribution is 0.0523. The van der Waals surface area contributed by atoms with Crippen molar-refractivity contribution >= 4 is 11.8 Å². The van der Waals surface area contributed by atoms with Gasteiger partial charge in [0.1, 0.15) is 5.60 Å². The number of amides is 1. The van der Waals surface area contributed by atoms with E-state index in [4.69, 9.17) is 4.74 Å². The Morgan fingerprint density at radius 3 is 2.42 bits per heavy atom. The predicted molar refractivity (Wildman–Crippen MR) is 105 cm³/mol. The molecule has 0 saturated heterocycles. The molecular weight excluding hydrogens is 324 g/mol. The lowest BCUT2D eigenvalue weighted by atomic mass is 10.1. The SMILES string of the molecule is CC(C)(C)OC(=O)NCc1ccc(NCc2cccc(C3CC3)c2)cc1. The standard InChI is InChI=1S/C22H28N2O2/c1-22(2,3)26-21(25)24-14-16-7-11-20(12-8-16)23-15-17-5-4-6-19(13-17)18-9-10-18/h4-8,11-13,18,23H,9-10,14-15H2,1-3H3,(H,24,25). The van der Waals surface area contributed by atoms with Crippen molar-refractivity contribution in [3.63, 3.8) is 0 Å². The van der Waals surface area contributed by atoms with Crippen molar-refractivity contribution in [3.8, 4) is 0 Å². The van der Waals surface area contributed by atoms with Crippen molar-refractivity contribution < 1.29 is 9.53 Å². The summed E-state index contributed by atoms with van der Waals surface area (Å²) in [6.45, 7) is 6.84. The van der Waals surface area contributed by atoms with E-state index in [1.54, 1.807) is 0 Å². The summed E-state index contributed by atoms with van der Waals surface area (Å²) >= 11 is 0. The number of carbonyl (C=O) groups is 1. The topological polar surface area (TPSA) is 50.4 Å². The van der Waals surface area contributed by atoms with Crippen molar-refractivity contribution in [2.45, 2.75) is 58.2 Å². The molecule has 0 atom stereocenters. The minimum Gasteiger partial charge on any atom is -0.444 e. The van der Waals surface area contributed by atoms with E-state index in [-0.39, 0.29) is 0 Å². The average Bonchev–Trinajstić information content (AvgIpc) is 3.43. The van der Waals surface area contributed by atoms with E-state index in [1.807, 2.05) is 45.0 Å². The molecule has 26 heavy (non-hydrogen) atoms. The molecule has 1 amide bonds. The maximum absolute atomic E-state index is 11.7. The van der Waals surface area contributed by atoms with Crippen molar-refractivity contribution in [1.29, 1.82) is 0 Å². The van der Waals surface area contributed by atoms with Crippen molar-refractivity contribution in [2.75, 3.05) is 5.32 Å². The second kappa shape index (κ2) is 7.81. The van der Waals surface area contributed by atoms with Gasteiger partial charge in [-0.15, -0.1) is 0 Å². The van der Waals surface area contributed by atoms with Gasteiger partial charge in [-0.25, -0.2) is 4.79 Å². The van der Waals surface area contributed by atoms with E-state index in [9.17, 15) is 4.79 Å². The number of benzene rings is 2. The summed E-state index contributed by atoms with van der Waals surface area (Å²) in [5.41, 5.74) is 4.41. The Bertz CT molecular complexity index is 743. The Labute approximate surface area is 156 Å². The Morgan fingerprint density at radius 1 is 1.04 bits per heavy atom. The van der Waals surface area contributed by atoms with Gasteiger partial charge in [-0.05, 0) is 68.4 Å². The molecule has 1 fully saturated rings. The summed E-state index contributed by atoms with van der Waals surface area (Å²) in [7, 11) is 0. The van der Waals surface area contributed by atoms with Crippen LogP contribution in [0.25, 0.3) is 0 Å². The van der Waals surface area contributed by atoms with Crippen LogP contribution in [0, 0.1) is 0 Å². The molecule has 0 unspecified atom stereocenters. The van der Waals surface area contributed by atoms with Crippen LogP contribution in [0.15, 0.2) is 48.5 Å². The molecule has 2 aromatic rings. The smallest absolute Gasteiger partial charge is 0.407 e. The van der Waals surface area contributed by atoms with Gasteiger partial charge in [0.05, 0.1) is 0 Å². The molecule has 0 heterocycles. The number of hydrogen-bond donors (Lipinski definition) is 2. The molecule has 4 nitrogen and oxygen atoms in total. The molecule has 1 aliphatic carbocycles. The number of ether oxygens (including phenoxy) is 1. The fraction of sp³-hybridized carbons (Fsp3) is 0.409. The fourth-order valence-electron chi connectivity index (χ4n) is 2.81. The quantitative estimate of drug-likeness (QED) is 0.751. The van der Waals surface area contributed by atoms with E-state index in [0.29, 0.717) is 6.54 Å². The summed E-state index contributed by atoms with van der Waals surface area (Å²) < 4.78 is 5.24. The van der Waals surface area contributed by atoms with Gasteiger partial charge in [0, 0.05) is 18.8 Å². The van der Waals surface area contributed by atoms with Gasteiger partial charge < -0.3 is 15.4 Å².